The quantitative estimate of drug-likeness (QED) is 0.732. The molecule has 0 aromatic heterocycles. The van der Waals surface area contributed by atoms with Gasteiger partial charge in [0.1, 0.15) is 0 Å². The number of hydrogen-bond acceptors (Lipinski definition) is 2. The molecule has 0 N–H and O–H groups in total. The van der Waals surface area contributed by atoms with Gasteiger partial charge in [-0.25, -0.2) is 0 Å². The van der Waals surface area contributed by atoms with Crippen molar-refractivity contribution >= 4 is 11.8 Å². The van der Waals surface area contributed by atoms with Gasteiger partial charge in [0, 0.05) is 16.6 Å². The summed E-state index contributed by atoms with van der Waals surface area (Å²) in [5, 5.41) is 9.19. The zero-order valence-corrected chi connectivity index (χ0v) is 10.5. The van der Waals surface area contributed by atoms with E-state index >= 15 is 0 Å². The van der Waals surface area contributed by atoms with E-state index in [1.165, 1.54) is 35.3 Å². The first-order chi connectivity index (χ1) is 7.83. The van der Waals surface area contributed by atoms with Gasteiger partial charge in [-0.3, -0.25) is 0 Å². The third-order valence-electron chi connectivity index (χ3n) is 3.15. The molecule has 84 valence electrons. The minimum Gasteiger partial charge on any atom is -0.198 e. The fraction of sp³-hybridized carbons (Fsp3) is 0.500. The molecule has 0 bridgehead atoms. The molecule has 0 fully saturated rings. The van der Waals surface area contributed by atoms with Crippen molar-refractivity contribution in [1.82, 2.24) is 0 Å². The third kappa shape index (κ3) is 2.59. The number of nitriles is 1. The van der Waals surface area contributed by atoms with Gasteiger partial charge in [-0.05, 0) is 48.9 Å². The highest BCUT2D eigenvalue weighted by Crippen LogP contribution is 2.31. The molecule has 0 aliphatic heterocycles. The van der Waals surface area contributed by atoms with Crippen LogP contribution in [0, 0.1) is 11.3 Å². The molecule has 1 aliphatic carbocycles. The summed E-state index contributed by atoms with van der Waals surface area (Å²) in [5.74, 6) is 0. The Morgan fingerprint density at radius 2 is 2.19 bits per heavy atom. The summed E-state index contributed by atoms with van der Waals surface area (Å²) in [6.07, 6.45) is 5.50. The Hall–Kier alpha value is -0.940. The van der Waals surface area contributed by atoms with Crippen LogP contribution in [0.4, 0.5) is 0 Å². The molecule has 1 aromatic rings. The number of benzene rings is 1. The van der Waals surface area contributed by atoms with Gasteiger partial charge >= 0.3 is 0 Å². The van der Waals surface area contributed by atoms with Gasteiger partial charge < -0.3 is 0 Å². The Balaban J connectivity index is 2.07. The number of nitrogens with zero attached hydrogens (tertiary/aromatic N) is 1. The molecule has 1 unspecified atom stereocenters. The number of hydrogen-bond donors (Lipinski definition) is 0. The zero-order chi connectivity index (χ0) is 11.4. The molecule has 1 nitrogen and oxygen atoms in total. The lowest BCUT2D eigenvalue weighted by atomic mass is 10.1. The standard InChI is InChI=1S/C14H17NS/c1-2-13(8-9-15)16-14-7-6-11-4-3-5-12(11)10-14/h6-7,10,13H,2-5,8H2,1H3. The number of rotatable bonds is 4. The molecule has 0 saturated carbocycles. The molecule has 2 heteroatoms. The molecule has 0 spiro atoms. The van der Waals surface area contributed by atoms with E-state index in [-0.39, 0.29) is 0 Å². The van der Waals surface area contributed by atoms with Crippen molar-refractivity contribution in [2.24, 2.45) is 0 Å². The molecule has 1 aromatic carbocycles. The first-order valence-electron chi connectivity index (χ1n) is 5.99. The Labute approximate surface area is 102 Å². The zero-order valence-electron chi connectivity index (χ0n) is 9.70. The van der Waals surface area contributed by atoms with Crippen LogP contribution in [0.1, 0.15) is 37.3 Å². The molecule has 0 amide bonds. The fourth-order valence-electron chi connectivity index (χ4n) is 2.19. The van der Waals surface area contributed by atoms with E-state index in [9.17, 15) is 0 Å². The Kier molecular flexibility index (Phi) is 3.90. The van der Waals surface area contributed by atoms with Crippen molar-refractivity contribution in [1.29, 1.82) is 5.26 Å². The lowest BCUT2D eigenvalue weighted by Gasteiger charge is -2.11. The summed E-state index contributed by atoms with van der Waals surface area (Å²) in [7, 11) is 0. The topological polar surface area (TPSA) is 23.8 Å². The highest BCUT2D eigenvalue weighted by Gasteiger charge is 2.13. The maximum Gasteiger partial charge on any atom is 0.0633 e. The third-order valence-corrected chi connectivity index (χ3v) is 4.51. The highest BCUT2D eigenvalue weighted by molar-refractivity contribution is 8.00. The van der Waals surface area contributed by atoms with Crippen LogP contribution in [-0.4, -0.2) is 5.25 Å². The molecule has 0 radical (unpaired) electrons. The first kappa shape index (κ1) is 11.5. The summed E-state index contributed by atoms with van der Waals surface area (Å²) in [6.45, 7) is 2.16. The average Bonchev–Trinajstić information content (AvgIpc) is 2.75. The van der Waals surface area contributed by atoms with Gasteiger partial charge in [-0.1, -0.05) is 13.0 Å². The van der Waals surface area contributed by atoms with Crippen molar-refractivity contribution in [3.05, 3.63) is 29.3 Å². The van der Waals surface area contributed by atoms with Crippen LogP contribution in [0.25, 0.3) is 0 Å². The van der Waals surface area contributed by atoms with Crippen LogP contribution in [0.15, 0.2) is 23.1 Å². The van der Waals surface area contributed by atoms with Crippen LogP contribution in [0.5, 0.6) is 0 Å². The predicted molar refractivity (Wildman–Crippen MR) is 68.6 cm³/mol. The van der Waals surface area contributed by atoms with Crippen LogP contribution >= 0.6 is 11.8 Å². The van der Waals surface area contributed by atoms with E-state index < -0.39 is 0 Å². The van der Waals surface area contributed by atoms with Crippen molar-refractivity contribution in [3.8, 4) is 6.07 Å². The molecular weight excluding hydrogens is 214 g/mol. The summed E-state index contributed by atoms with van der Waals surface area (Å²) in [5.41, 5.74) is 3.05. The number of thioether (sulfide) groups is 1. The largest absolute Gasteiger partial charge is 0.198 e. The van der Waals surface area contributed by atoms with Crippen molar-refractivity contribution in [3.63, 3.8) is 0 Å². The van der Waals surface area contributed by atoms with Crippen LogP contribution < -0.4 is 0 Å². The summed E-state index contributed by atoms with van der Waals surface area (Å²) in [4.78, 5) is 1.34. The molecular formula is C14H17NS. The molecule has 0 heterocycles. The first-order valence-corrected chi connectivity index (χ1v) is 6.87. The van der Waals surface area contributed by atoms with Gasteiger partial charge in [-0.2, -0.15) is 5.26 Å². The van der Waals surface area contributed by atoms with E-state index in [0.717, 1.165) is 6.42 Å². The molecule has 16 heavy (non-hydrogen) atoms. The Bertz CT molecular complexity index is 406. The van der Waals surface area contributed by atoms with Crippen molar-refractivity contribution in [2.75, 3.05) is 0 Å². The van der Waals surface area contributed by atoms with E-state index in [1.807, 2.05) is 11.8 Å². The minimum atomic E-state index is 0.449. The normalized spacial score (nSPS) is 15.5. The Morgan fingerprint density at radius 3 is 2.94 bits per heavy atom. The summed E-state index contributed by atoms with van der Waals surface area (Å²) in [6, 6.07) is 9.08. The second-order valence-corrected chi connectivity index (χ2v) is 5.67. The van der Waals surface area contributed by atoms with Crippen LogP contribution in [-0.2, 0) is 12.8 Å². The maximum absolute atomic E-state index is 8.74. The average molecular weight is 231 g/mol. The van der Waals surface area contributed by atoms with Crippen LogP contribution in [0.3, 0.4) is 0 Å². The minimum absolute atomic E-state index is 0.449. The molecule has 1 atom stereocenters. The monoisotopic (exact) mass is 231 g/mol. The smallest absolute Gasteiger partial charge is 0.0633 e. The van der Waals surface area contributed by atoms with E-state index in [2.05, 4.69) is 31.2 Å². The fourth-order valence-corrected chi connectivity index (χ4v) is 3.25. The van der Waals surface area contributed by atoms with E-state index in [4.69, 9.17) is 5.26 Å². The lowest BCUT2D eigenvalue weighted by molar-refractivity contribution is 0.842. The van der Waals surface area contributed by atoms with Crippen LogP contribution in [0.2, 0.25) is 0 Å². The SMILES string of the molecule is CCC(CC#N)Sc1ccc2c(c1)CCC2. The number of fused-ring (bicyclic) bond motifs is 1. The number of aryl methyl sites for hydroxylation is 2. The van der Waals surface area contributed by atoms with E-state index in [1.54, 1.807) is 0 Å². The summed E-state index contributed by atoms with van der Waals surface area (Å²) < 4.78 is 0. The van der Waals surface area contributed by atoms with Gasteiger partial charge in [-0.15, -0.1) is 11.8 Å². The highest BCUT2D eigenvalue weighted by atomic mass is 32.2. The predicted octanol–water partition coefficient (Wildman–Crippen LogP) is 3.96. The van der Waals surface area contributed by atoms with Crippen molar-refractivity contribution < 1.29 is 0 Å². The molecule has 0 saturated heterocycles. The molecule has 1 aliphatic rings. The Morgan fingerprint density at radius 1 is 1.38 bits per heavy atom. The second kappa shape index (κ2) is 5.41. The van der Waals surface area contributed by atoms with Gasteiger partial charge in [0.15, 0.2) is 0 Å². The van der Waals surface area contributed by atoms with Gasteiger partial charge in [0.25, 0.3) is 0 Å². The second-order valence-electron chi connectivity index (χ2n) is 4.29. The van der Waals surface area contributed by atoms with E-state index in [0.29, 0.717) is 11.7 Å². The maximum atomic E-state index is 8.74. The summed E-state index contributed by atoms with van der Waals surface area (Å²) >= 11 is 1.86. The molecule has 2 rings (SSSR count). The van der Waals surface area contributed by atoms with Gasteiger partial charge in [0.2, 0.25) is 0 Å². The van der Waals surface area contributed by atoms with Gasteiger partial charge in [0.05, 0.1) is 6.07 Å². The van der Waals surface area contributed by atoms with Crippen molar-refractivity contribution in [2.45, 2.75) is 49.2 Å². The lowest BCUT2D eigenvalue weighted by Crippen LogP contribution is -1.98.